The number of rotatable bonds is 4. The minimum atomic E-state index is -4.00. The Bertz CT molecular complexity index is 641. The fourth-order valence-electron chi connectivity index (χ4n) is 1.34. The van der Waals surface area contributed by atoms with Gasteiger partial charge in [0, 0.05) is 13.2 Å². The Balaban J connectivity index is 2.39. The van der Waals surface area contributed by atoms with Crippen molar-refractivity contribution in [3.8, 4) is 0 Å². The molecule has 1 fully saturated rings. The molecule has 1 saturated carbocycles. The van der Waals surface area contributed by atoms with Gasteiger partial charge in [-0.05, 0) is 12.8 Å². The summed E-state index contributed by atoms with van der Waals surface area (Å²) in [6.45, 7) is 0. The standard InChI is InChI=1S/C7H12N4O4S2/c1-11-4-6(16(8,12)13)7(9-11)10-17(14,15)5-2-3-5/h4-5H,2-3H2,1H3,(H,9,10)(H2,8,12,13). The maximum atomic E-state index is 11.7. The van der Waals surface area contributed by atoms with Gasteiger partial charge < -0.3 is 0 Å². The van der Waals surface area contributed by atoms with Gasteiger partial charge in [-0.2, -0.15) is 5.10 Å². The first-order valence-corrected chi connectivity index (χ1v) is 7.87. The number of sulfonamides is 2. The highest BCUT2D eigenvalue weighted by Gasteiger charge is 2.37. The van der Waals surface area contributed by atoms with E-state index in [9.17, 15) is 16.8 Å². The molecular formula is C7H12N4O4S2. The second-order valence-corrected chi connectivity index (χ2v) is 7.40. The highest BCUT2D eigenvalue weighted by atomic mass is 32.2. The highest BCUT2D eigenvalue weighted by molar-refractivity contribution is 7.93. The zero-order valence-electron chi connectivity index (χ0n) is 8.99. The van der Waals surface area contributed by atoms with Gasteiger partial charge in [0.1, 0.15) is 4.90 Å². The van der Waals surface area contributed by atoms with E-state index in [1.807, 2.05) is 0 Å². The molecule has 0 aliphatic heterocycles. The molecule has 0 spiro atoms. The fourth-order valence-corrected chi connectivity index (χ4v) is 3.41. The topological polar surface area (TPSA) is 124 Å². The summed E-state index contributed by atoms with van der Waals surface area (Å²) in [6, 6.07) is 0. The number of hydrogen-bond donors (Lipinski definition) is 2. The maximum absolute atomic E-state index is 11.7. The molecule has 0 aromatic carbocycles. The van der Waals surface area contributed by atoms with Crippen LogP contribution in [0.1, 0.15) is 12.8 Å². The largest absolute Gasteiger partial charge is 0.272 e. The molecule has 0 radical (unpaired) electrons. The van der Waals surface area contributed by atoms with Gasteiger partial charge in [-0.3, -0.25) is 9.40 Å². The Morgan fingerprint density at radius 3 is 2.47 bits per heavy atom. The van der Waals surface area contributed by atoms with E-state index in [1.54, 1.807) is 0 Å². The van der Waals surface area contributed by atoms with Crippen LogP contribution in [0.5, 0.6) is 0 Å². The van der Waals surface area contributed by atoms with Crippen LogP contribution in [0.2, 0.25) is 0 Å². The Hall–Kier alpha value is -1.13. The molecule has 3 N–H and O–H groups in total. The van der Waals surface area contributed by atoms with Crippen molar-refractivity contribution in [3.63, 3.8) is 0 Å². The molecular weight excluding hydrogens is 268 g/mol. The van der Waals surface area contributed by atoms with Crippen molar-refractivity contribution < 1.29 is 16.8 Å². The van der Waals surface area contributed by atoms with Crippen molar-refractivity contribution in [1.29, 1.82) is 0 Å². The lowest BCUT2D eigenvalue weighted by Gasteiger charge is -2.04. The second kappa shape index (κ2) is 3.68. The number of nitrogens with two attached hydrogens (primary N) is 1. The number of hydrogen-bond acceptors (Lipinski definition) is 5. The van der Waals surface area contributed by atoms with Crippen LogP contribution >= 0.6 is 0 Å². The van der Waals surface area contributed by atoms with Crippen LogP contribution in [0.3, 0.4) is 0 Å². The zero-order chi connectivity index (χ0) is 12.8. The molecule has 10 heteroatoms. The first-order valence-electron chi connectivity index (χ1n) is 4.78. The molecule has 1 heterocycles. The Morgan fingerprint density at radius 2 is 2.00 bits per heavy atom. The van der Waals surface area contributed by atoms with Crippen LogP contribution < -0.4 is 9.86 Å². The van der Waals surface area contributed by atoms with Crippen LogP contribution in [0.15, 0.2) is 11.1 Å². The Kier molecular flexibility index (Phi) is 2.67. The van der Waals surface area contributed by atoms with Gasteiger partial charge >= 0.3 is 0 Å². The van der Waals surface area contributed by atoms with Crippen LogP contribution in [-0.4, -0.2) is 31.9 Å². The van der Waals surface area contributed by atoms with Crippen LogP contribution in [0.25, 0.3) is 0 Å². The Morgan fingerprint density at radius 1 is 1.41 bits per heavy atom. The summed E-state index contributed by atoms with van der Waals surface area (Å²) in [5.41, 5.74) is 0. The smallest absolute Gasteiger partial charge is 0.243 e. The predicted molar refractivity (Wildman–Crippen MR) is 60.1 cm³/mol. The van der Waals surface area contributed by atoms with Gasteiger partial charge in [-0.25, -0.2) is 22.0 Å². The van der Waals surface area contributed by atoms with Gasteiger partial charge in [-0.1, -0.05) is 0 Å². The van der Waals surface area contributed by atoms with Crippen LogP contribution in [0.4, 0.5) is 5.82 Å². The van der Waals surface area contributed by atoms with Crippen molar-refractivity contribution in [3.05, 3.63) is 6.20 Å². The van der Waals surface area contributed by atoms with Gasteiger partial charge in [0.25, 0.3) is 0 Å². The number of aryl methyl sites for hydroxylation is 1. The number of aromatic nitrogens is 2. The number of nitrogens with one attached hydrogen (secondary N) is 1. The lowest BCUT2D eigenvalue weighted by Crippen LogP contribution is -2.20. The van der Waals surface area contributed by atoms with E-state index in [-0.39, 0.29) is 10.7 Å². The van der Waals surface area contributed by atoms with E-state index >= 15 is 0 Å². The first kappa shape index (κ1) is 12.3. The average molecular weight is 280 g/mol. The molecule has 17 heavy (non-hydrogen) atoms. The summed E-state index contributed by atoms with van der Waals surface area (Å²) in [5, 5.41) is 8.24. The van der Waals surface area contributed by atoms with Gasteiger partial charge in [0.2, 0.25) is 20.0 Å². The molecule has 0 amide bonds. The Labute approximate surface area is 98.9 Å². The van der Waals surface area contributed by atoms with Crippen molar-refractivity contribution in [2.75, 3.05) is 4.72 Å². The predicted octanol–water partition coefficient (Wildman–Crippen LogP) is -1.03. The zero-order valence-corrected chi connectivity index (χ0v) is 10.6. The number of primary sulfonamides is 1. The number of anilines is 1. The molecule has 8 nitrogen and oxygen atoms in total. The summed E-state index contributed by atoms with van der Waals surface area (Å²) in [7, 11) is -6.08. The third-order valence-electron chi connectivity index (χ3n) is 2.30. The summed E-state index contributed by atoms with van der Waals surface area (Å²) in [4.78, 5) is -0.329. The molecule has 1 aliphatic rings. The highest BCUT2D eigenvalue weighted by Crippen LogP contribution is 2.30. The average Bonchev–Trinajstić information content (AvgIpc) is 2.90. The molecule has 0 unspecified atom stereocenters. The van der Waals surface area contributed by atoms with Crippen LogP contribution in [0, 0.1) is 0 Å². The van der Waals surface area contributed by atoms with E-state index in [4.69, 9.17) is 5.14 Å². The van der Waals surface area contributed by atoms with Crippen molar-refractivity contribution in [2.24, 2.45) is 12.2 Å². The van der Waals surface area contributed by atoms with Gasteiger partial charge in [0.15, 0.2) is 5.82 Å². The minimum Gasteiger partial charge on any atom is -0.272 e. The summed E-state index contributed by atoms with van der Waals surface area (Å²) >= 11 is 0. The molecule has 2 rings (SSSR count). The number of nitrogens with zero attached hydrogens (tertiary/aromatic N) is 2. The third kappa shape index (κ3) is 2.58. The first-order chi connectivity index (χ1) is 7.70. The van der Waals surface area contributed by atoms with Gasteiger partial charge in [-0.15, -0.1) is 0 Å². The monoisotopic (exact) mass is 280 g/mol. The lowest BCUT2D eigenvalue weighted by atomic mass is 10.7. The fraction of sp³-hybridized carbons (Fsp3) is 0.571. The molecule has 1 aliphatic carbocycles. The van der Waals surface area contributed by atoms with E-state index in [0.717, 1.165) is 6.20 Å². The summed E-state index contributed by atoms with van der Waals surface area (Å²) in [5.74, 6) is -0.248. The quantitative estimate of drug-likeness (QED) is 0.729. The third-order valence-corrected chi connectivity index (χ3v) is 5.04. The molecule has 0 bridgehead atoms. The van der Waals surface area contributed by atoms with E-state index in [2.05, 4.69) is 9.82 Å². The maximum Gasteiger partial charge on any atom is 0.243 e. The normalized spacial score (nSPS) is 17.1. The molecule has 1 aromatic heterocycles. The molecule has 96 valence electrons. The molecule has 1 aromatic rings. The van der Waals surface area contributed by atoms with Crippen molar-refractivity contribution in [2.45, 2.75) is 23.0 Å². The van der Waals surface area contributed by atoms with Crippen molar-refractivity contribution in [1.82, 2.24) is 9.78 Å². The van der Waals surface area contributed by atoms with E-state index in [0.29, 0.717) is 12.8 Å². The SMILES string of the molecule is Cn1cc(S(N)(=O)=O)c(NS(=O)(=O)C2CC2)n1. The lowest BCUT2D eigenvalue weighted by molar-refractivity contribution is 0.598. The summed E-state index contributed by atoms with van der Waals surface area (Å²) in [6.07, 6.45) is 2.31. The van der Waals surface area contributed by atoms with E-state index < -0.39 is 25.3 Å². The minimum absolute atomic E-state index is 0.248. The van der Waals surface area contributed by atoms with Gasteiger partial charge in [0.05, 0.1) is 5.25 Å². The molecule has 0 saturated heterocycles. The second-order valence-electron chi connectivity index (χ2n) is 3.91. The van der Waals surface area contributed by atoms with E-state index in [1.165, 1.54) is 11.7 Å². The van der Waals surface area contributed by atoms with Crippen LogP contribution in [-0.2, 0) is 27.1 Å². The van der Waals surface area contributed by atoms with Crippen molar-refractivity contribution >= 4 is 25.9 Å². The molecule has 0 atom stereocenters. The summed E-state index contributed by atoms with van der Waals surface area (Å²) < 4.78 is 49.1.